The van der Waals surface area contributed by atoms with Gasteiger partial charge in [-0.25, -0.2) is 4.39 Å². The standard InChI is InChI=1S/C18H13BrFN3OS/c19-11-5-6-15(14(20)9-11)22-17-16-13(4-1-7-21-16)18(24)23(17)10-12-3-2-8-25-12/h1-9,17,22H,10H2/t17-/m1/s1. The van der Waals surface area contributed by atoms with E-state index in [-0.39, 0.29) is 11.7 Å². The molecule has 25 heavy (non-hydrogen) atoms. The van der Waals surface area contributed by atoms with Crippen LogP contribution in [0.25, 0.3) is 0 Å². The molecule has 1 aliphatic rings. The van der Waals surface area contributed by atoms with Crippen molar-refractivity contribution in [3.63, 3.8) is 0 Å². The van der Waals surface area contributed by atoms with Crippen LogP contribution in [0.5, 0.6) is 0 Å². The highest BCUT2D eigenvalue weighted by Crippen LogP contribution is 2.35. The molecular weight excluding hydrogens is 405 g/mol. The van der Waals surface area contributed by atoms with Crippen LogP contribution in [0.4, 0.5) is 10.1 Å². The summed E-state index contributed by atoms with van der Waals surface area (Å²) in [6.45, 7) is 0.447. The predicted molar refractivity (Wildman–Crippen MR) is 98.9 cm³/mol. The first-order chi connectivity index (χ1) is 12.1. The van der Waals surface area contributed by atoms with E-state index in [1.165, 1.54) is 6.07 Å². The smallest absolute Gasteiger partial charge is 0.258 e. The molecule has 2 aromatic heterocycles. The molecule has 1 atom stereocenters. The van der Waals surface area contributed by atoms with Crippen molar-refractivity contribution >= 4 is 38.9 Å². The molecule has 0 saturated heterocycles. The minimum Gasteiger partial charge on any atom is -0.358 e. The Hall–Kier alpha value is -2.25. The van der Waals surface area contributed by atoms with E-state index in [1.807, 2.05) is 17.5 Å². The van der Waals surface area contributed by atoms with Gasteiger partial charge in [0.2, 0.25) is 0 Å². The minimum absolute atomic E-state index is 0.105. The third-order valence-corrected chi connectivity index (χ3v) is 5.38. The first-order valence-corrected chi connectivity index (χ1v) is 9.30. The van der Waals surface area contributed by atoms with Gasteiger partial charge in [0.15, 0.2) is 0 Å². The van der Waals surface area contributed by atoms with Crippen LogP contribution in [0.15, 0.2) is 58.5 Å². The Kier molecular flexibility index (Phi) is 4.27. The summed E-state index contributed by atoms with van der Waals surface area (Å²) in [5.41, 5.74) is 1.50. The second-order valence-electron chi connectivity index (χ2n) is 5.62. The Labute approximate surface area is 156 Å². The second kappa shape index (κ2) is 6.57. The number of rotatable bonds is 4. The number of amides is 1. The quantitative estimate of drug-likeness (QED) is 0.662. The number of halogens is 2. The van der Waals surface area contributed by atoms with Crippen molar-refractivity contribution in [1.82, 2.24) is 9.88 Å². The first kappa shape index (κ1) is 16.2. The van der Waals surface area contributed by atoms with Crippen LogP contribution in [0, 0.1) is 5.82 Å². The Morgan fingerprint density at radius 1 is 1.28 bits per heavy atom. The van der Waals surface area contributed by atoms with Gasteiger partial charge in [0, 0.05) is 15.5 Å². The summed E-state index contributed by atoms with van der Waals surface area (Å²) < 4.78 is 14.9. The van der Waals surface area contributed by atoms with Gasteiger partial charge in [0.25, 0.3) is 5.91 Å². The summed E-state index contributed by atoms with van der Waals surface area (Å²) in [5, 5.41) is 5.11. The number of fused-ring (bicyclic) bond motifs is 1. The fraction of sp³-hybridized carbons (Fsp3) is 0.111. The van der Waals surface area contributed by atoms with Crippen LogP contribution >= 0.6 is 27.3 Å². The fourth-order valence-corrected chi connectivity index (χ4v) is 3.91. The normalized spacial score (nSPS) is 16.2. The minimum atomic E-state index is -0.513. The first-order valence-electron chi connectivity index (χ1n) is 7.63. The van der Waals surface area contributed by atoms with Crippen molar-refractivity contribution in [2.75, 3.05) is 5.32 Å². The van der Waals surface area contributed by atoms with E-state index in [4.69, 9.17) is 0 Å². The molecule has 7 heteroatoms. The van der Waals surface area contributed by atoms with Gasteiger partial charge < -0.3 is 10.2 Å². The molecular formula is C18H13BrFN3OS. The molecule has 3 heterocycles. The topological polar surface area (TPSA) is 45.2 Å². The number of hydrogen-bond acceptors (Lipinski definition) is 4. The van der Waals surface area contributed by atoms with E-state index in [0.29, 0.717) is 28.0 Å². The molecule has 0 spiro atoms. The van der Waals surface area contributed by atoms with Gasteiger partial charge in [-0.05, 0) is 41.8 Å². The predicted octanol–water partition coefficient (Wildman–Crippen LogP) is 4.81. The molecule has 1 aliphatic heterocycles. The number of anilines is 1. The maximum atomic E-state index is 14.3. The summed E-state index contributed by atoms with van der Waals surface area (Å²) in [4.78, 5) is 19.9. The molecule has 1 aromatic carbocycles. The Bertz CT molecular complexity index is 932. The largest absolute Gasteiger partial charge is 0.358 e. The highest BCUT2D eigenvalue weighted by molar-refractivity contribution is 9.10. The number of pyridine rings is 1. The van der Waals surface area contributed by atoms with E-state index >= 15 is 0 Å². The Morgan fingerprint density at radius 3 is 2.92 bits per heavy atom. The van der Waals surface area contributed by atoms with Crippen molar-refractivity contribution in [2.45, 2.75) is 12.7 Å². The molecule has 0 fully saturated rings. The second-order valence-corrected chi connectivity index (χ2v) is 7.57. The number of thiophene rings is 1. The van der Waals surface area contributed by atoms with Crippen molar-refractivity contribution < 1.29 is 9.18 Å². The molecule has 0 radical (unpaired) electrons. The van der Waals surface area contributed by atoms with Gasteiger partial charge in [0.05, 0.1) is 23.5 Å². The van der Waals surface area contributed by atoms with Crippen LogP contribution in [0.3, 0.4) is 0 Å². The van der Waals surface area contributed by atoms with E-state index in [0.717, 1.165) is 4.88 Å². The molecule has 0 unspecified atom stereocenters. The van der Waals surface area contributed by atoms with Gasteiger partial charge in [-0.1, -0.05) is 22.0 Å². The lowest BCUT2D eigenvalue weighted by atomic mass is 10.2. The third-order valence-electron chi connectivity index (χ3n) is 4.03. The van der Waals surface area contributed by atoms with Crippen molar-refractivity contribution in [2.24, 2.45) is 0 Å². The van der Waals surface area contributed by atoms with Crippen LogP contribution < -0.4 is 5.32 Å². The summed E-state index contributed by atoms with van der Waals surface area (Å²) >= 11 is 4.83. The maximum absolute atomic E-state index is 14.3. The lowest BCUT2D eigenvalue weighted by Crippen LogP contribution is -2.32. The summed E-state index contributed by atoms with van der Waals surface area (Å²) in [7, 11) is 0. The van der Waals surface area contributed by atoms with Gasteiger partial charge in [-0.15, -0.1) is 11.3 Å². The molecule has 126 valence electrons. The summed E-state index contributed by atoms with van der Waals surface area (Å²) in [6.07, 6.45) is 1.13. The van der Waals surface area contributed by atoms with Gasteiger partial charge in [-0.3, -0.25) is 9.78 Å². The third kappa shape index (κ3) is 3.05. The molecule has 0 bridgehead atoms. The van der Waals surface area contributed by atoms with Crippen molar-refractivity contribution in [3.05, 3.63) is 80.5 Å². The average Bonchev–Trinajstić information content (AvgIpc) is 3.20. The monoisotopic (exact) mass is 417 g/mol. The number of aromatic nitrogens is 1. The Morgan fingerprint density at radius 2 is 2.16 bits per heavy atom. The van der Waals surface area contributed by atoms with E-state index in [9.17, 15) is 9.18 Å². The molecule has 0 aliphatic carbocycles. The number of carbonyl (C=O) groups excluding carboxylic acids is 1. The van der Waals surface area contributed by atoms with E-state index < -0.39 is 6.17 Å². The van der Waals surface area contributed by atoms with Crippen LogP contribution in [-0.2, 0) is 6.54 Å². The number of carbonyl (C=O) groups is 1. The SMILES string of the molecule is O=C1c2cccnc2[C@H](Nc2ccc(Br)cc2F)N1Cc1cccs1. The zero-order valence-corrected chi connectivity index (χ0v) is 15.3. The highest BCUT2D eigenvalue weighted by Gasteiger charge is 2.38. The van der Waals surface area contributed by atoms with Gasteiger partial charge in [-0.2, -0.15) is 0 Å². The summed E-state index contributed by atoms with van der Waals surface area (Å²) in [6, 6.07) is 12.2. The van der Waals surface area contributed by atoms with Crippen LogP contribution in [0.2, 0.25) is 0 Å². The lowest BCUT2D eigenvalue weighted by molar-refractivity contribution is 0.0729. The van der Waals surface area contributed by atoms with E-state index in [2.05, 4.69) is 26.2 Å². The number of nitrogens with zero attached hydrogens (tertiary/aromatic N) is 2. The zero-order valence-electron chi connectivity index (χ0n) is 12.9. The van der Waals surface area contributed by atoms with Gasteiger partial charge >= 0.3 is 0 Å². The average molecular weight is 418 g/mol. The number of benzene rings is 1. The highest BCUT2D eigenvalue weighted by atomic mass is 79.9. The molecule has 0 saturated carbocycles. The fourth-order valence-electron chi connectivity index (χ4n) is 2.87. The lowest BCUT2D eigenvalue weighted by Gasteiger charge is -2.26. The van der Waals surface area contributed by atoms with Crippen LogP contribution in [-0.4, -0.2) is 15.8 Å². The number of nitrogens with one attached hydrogen (secondary N) is 1. The van der Waals surface area contributed by atoms with Crippen molar-refractivity contribution in [3.8, 4) is 0 Å². The maximum Gasteiger partial charge on any atom is 0.258 e. The van der Waals surface area contributed by atoms with Crippen molar-refractivity contribution in [1.29, 1.82) is 0 Å². The zero-order chi connectivity index (χ0) is 17.4. The molecule has 1 amide bonds. The van der Waals surface area contributed by atoms with Crippen LogP contribution in [0.1, 0.15) is 27.1 Å². The summed E-state index contributed by atoms with van der Waals surface area (Å²) in [5.74, 6) is -0.492. The molecule has 4 rings (SSSR count). The number of hydrogen-bond donors (Lipinski definition) is 1. The van der Waals surface area contributed by atoms with E-state index in [1.54, 1.807) is 46.7 Å². The molecule has 4 nitrogen and oxygen atoms in total. The molecule has 3 aromatic rings. The van der Waals surface area contributed by atoms with Gasteiger partial charge in [0.1, 0.15) is 12.0 Å². The Balaban J connectivity index is 1.71. The molecule has 1 N–H and O–H groups in total.